The summed E-state index contributed by atoms with van der Waals surface area (Å²) in [7, 11) is 0. The standard InChI is InChI=1S/C38H34S.C36H32N2O.C34H32O.C33H31N/c1-5-13-29(14-6-1)33-21-22-34(39-33)38-26-35(30-15-7-2-8-16-30)23-36(27-38,31-17-9-3-10-18-31)25-37(24-35,28-38)32-19-11-4-12-20-32;1-5-13-27(14-6-1)31-37-38-32(39-31)36-24-33(28-15-7-2-8-16-28)21-34(25-36,29-17-9-3-10-18-29)23-35(22-33,26-36)30-19-11-4-12-20-30;1-5-13-27(14-6-1)31-21-32(28-15-7-2-8-16-28)23-33(22-31,29-17-9-3-10-18-29)26-34(24-31,25-32)35-30-19-11-4-12-20-30;1-4-12-26(13-5-1)30-20-31(27-14-6-2-7-15-27)22-32(21-30,28-16-8-3-9-17-28)25-33(23-30,24-31)29-18-10-11-19-34-29/h1-22H,23-28H2;1-20H,21-26H2;1-20H,21-26H2;1-19H,20-25H2. The molecule has 0 atom stereocenters. The van der Waals surface area contributed by atoms with Gasteiger partial charge in [0.15, 0.2) is 0 Å². The minimum Gasteiger partial charge on any atom is -0.487 e. The van der Waals surface area contributed by atoms with E-state index in [0.29, 0.717) is 5.89 Å². The zero-order valence-corrected chi connectivity index (χ0v) is 85.1. The van der Waals surface area contributed by atoms with E-state index >= 15 is 0 Å². The van der Waals surface area contributed by atoms with E-state index in [0.717, 1.165) is 75.0 Å². The average Bonchev–Trinajstić information content (AvgIpc) is 1.64. The third-order valence-corrected chi connectivity index (χ3v) is 40.6. The maximum Gasteiger partial charge on any atom is 0.247 e. The molecule has 16 fully saturated rings. The molecule has 15 aromatic carbocycles. The first kappa shape index (κ1) is 91.7. The van der Waals surface area contributed by atoms with E-state index in [9.17, 15) is 0 Å². The van der Waals surface area contributed by atoms with E-state index in [1.165, 1.54) is 163 Å². The molecule has 726 valence electrons. The first-order chi connectivity index (χ1) is 72.1. The number of ether oxygens (including phenoxy) is 1. The van der Waals surface area contributed by atoms with Crippen LogP contribution in [0.4, 0.5) is 0 Å². The molecule has 0 N–H and O–H groups in total. The summed E-state index contributed by atoms with van der Waals surface area (Å²) in [6, 6.07) is 180. The first-order valence-electron chi connectivity index (χ1n) is 54.4. The Labute approximate surface area is 872 Å². The lowest BCUT2D eigenvalue weighted by Gasteiger charge is -2.71. The monoisotopic (exact) mass is 1930 g/mol. The third-order valence-electron chi connectivity index (χ3n) is 39.2. The molecule has 18 aromatic rings. The summed E-state index contributed by atoms with van der Waals surface area (Å²) in [5.41, 5.74) is 22.8. The smallest absolute Gasteiger partial charge is 0.247 e. The zero-order chi connectivity index (χ0) is 98.0. The molecule has 0 spiro atoms. The van der Waals surface area contributed by atoms with E-state index < -0.39 is 0 Å². The molecule has 16 bridgehead atoms. The summed E-state index contributed by atoms with van der Waals surface area (Å²) in [6.07, 6.45) is 30.3. The summed E-state index contributed by atoms with van der Waals surface area (Å²) in [5.74, 6) is 2.45. The highest BCUT2D eigenvalue weighted by molar-refractivity contribution is 7.15. The number of rotatable bonds is 19. The predicted octanol–water partition coefficient (Wildman–Crippen LogP) is 33.5. The van der Waals surface area contributed by atoms with Gasteiger partial charge in [0.25, 0.3) is 0 Å². The van der Waals surface area contributed by atoms with Crippen LogP contribution in [0.5, 0.6) is 5.75 Å². The number of hydrogen-bond donors (Lipinski definition) is 0. The van der Waals surface area contributed by atoms with Crippen LogP contribution in [-0.4, -0.2) is 20.8 Å². The Morgan fingerprint density at radius 2 is 0.401 bits per heavy atom. The second-order valence-electron chi connectivity index (χ2n) is 48.5. The van der Waals surface area contributed by atoms with Gasteiger partial charge in [0.05, 0.1) is 5.41 Å². The molecular weight excluding hydrogens is 1800 g/mol. The third kappa shape index (κ3) is 15.6. The molecule has 3 heterocycles. The van der Waals surface area contributed by atoms with Gasteiger partial charge >= 0.3 is 0 Å². The van der Waals surface area contributed by atoms with E-state index in [1.807, 2.05) is 24.4 Å². The van der Waals surface area contributed by atoms with Crippen LogP contribution in [0, 0.1) is 0 Å². The first-order valence-corrected chi connectivity index (χ1v) is 55.3. The molecule has 0 saturated heterocycles. The molecule has 34 rings (SSSR count). The maximum absolute atomic E-state index is 7.15. The van der Waals surface area contributed by atoms with Crippen molar-refractivity contribution in [2.24, 2.45) is 0 Å². The van der Waals surface area contributed by atoms with E-state index in [-0.39, 0.29) is 86.8 Å². The lowest BCUT2D eigenvalue weighted by atomic mass is 9.32. The number of aromatic nitrogens is 3. The van der Waals surface area contributed by atoms with Gasteiger partial charge in [-0.3, -0.25) is 4.98 Å². The molecule has 0 aliphatic heterocycles. The molecule has 5 nitrogen and oxygen atoms in total. The number of nitrogens with zero attached hydrogens (tertiary/aromatic N) is 3. The summed E-state index contributed by atoms with van der Waals surface area (Å²) in [6.45, 7) is 0. The summed E-state index contributed by atoms with van der Waals surface area (Å²) >= 11 is 2.06. The van der Waals surface area contributed by atoms with Crippen molar-refractivity contribution in [1.82, 2.24) is 15.2 Å². The maximum atomic E-state index is 7.15. The van der Waals surface area contributed by atoms with Crippen LogP contribution in [0.1, 0.15) is 237 Å². The minimum absolute atomic E-state index is 0.0308. The Balaban J connectivity index is 0.0000000971. The largest absolute Gasteiger partial charge is 0.487 e. The topological polar surface area (TPSA) is 61.0 Å². The van der Waals surface area contributed by atoms with Crippen LogP contribution in [0.2, 0.25) is 0 Å². The van der Waals surface area contributed by atoms with Crippen molar-refractivity contribution in [2.75, 3.05) is 0 Å². The second-order valence-corrected chi connectivity index (χ2v) is 49.5. The summed E-state index contributed by atoms with van der Waals surface area (Å²) < 4.78 is 13.8. The van der Waals surface area contributed by atoms with Crippen molar-refractivity contribution in [1.29, 1.82) is 0 Å². The molecule has 3 aromatic heterocycles. The average molecular weight is 1930 g/mol. The number of thiophene rings is 1. The van der Waals surface area contributed by atoms with Crippen LogP contribution in [0.15, 0.2) is 496 Å². The lowest BCUT2D eigenvalue weighted by Crippen LogP contribution is -2.69. The summed E-state index contributed by atoms with van der Waals surface area (Å²) in [5, 5.41) is 9.45. The van der Waals surface area contributed by atoms with Crippen molar-refractivity contribution in [2.45, 2.75) is 241 Å². The van der Waals surface area contributed by atoms with Gasteiger partial charge in [0.1, 0.15) is 11.4 Å². The Morgan fingerprint density at radius 1 is 0.184 bits per heavy atom. The fraction of sp³-hybridized carbons (Fsp3) is 0.284. The highest BCUT2D eigenvalue weighted by Gasteiger charge is 2.75. The Bertz CT molecular complexity index is 6740. The number of benzene rings is 15. The quantitative estimate of drug-likeness (QED) is 0.0807. The second kappa shape index (κ2) is 35.4. The molecule has 0 radical (unpaired) electrons. The Hall–Kier alpha value is -13.9. The van der Waals surface area contributed by atoms with Crippen molar-refractivity contribution < 1.29 is 9.15 Å². The van der Waals surface area contributed by atoms with Crippen LogP contribution < -0.4 is 4.74 Å². The SMILES string of the molecule is c1ccc(-c2ccc(C34CC5(c6ccccc6)CC(c6ccccc6)(CC(c6ccccc6)(C5)C3)C4)s2)cc1.c1ccc(-c2nnc(C34CC5(c6ccccc6)CC(c6ccccc6)(CC(c6ccccc6)(C5)C3)C4)o2)cc1.c1ccc(C23CC4(c5ccccc5)CC(c5ccccc5)(C2)CC(c2ccccn2)(C3)C4)cc1.c1ccc(OC23CC4(c5ccccc5)CC(c5ccccc5)(C2)CC(c2ccccc2)(C3)C4)cc1. The molecule has 0 amide bonds. The lowest BCUT2D eigenvalue weighted by molar-refractivity contribution is -0.147. The van der Waals surface area contributed by atoms with Gasteiger partial charge in [-0.1, -0.05) is 437 Å². The van der Waals surface area contributed by atoms with Crippen molar-refractivity contribution in [3.05, 3.63) is 575 Å². The molecule has 16 aliphatic rings. The number of hydrogen-bond acceptors (Lipinski definition) is 6. The van der Waals surface area contributed by atoms with Gasteiger partial charge in [0.2, 0.25) is 11.8 Å². The highest BCUT2D eigenvalue weighted by Crippen LogP contribution is 2.80. The van der Waals surface area contributed by atoms with Crippen LogP contribution in [0.3, 0.4) is 0 Å². The normalized spacial score (nSPS) is 32.0. The van der Waals surface area contributed by atoms with Gasteiger partial charge in [-0.2, -0.15) is 0 Å². The number of pyridine rings is 1. The van der Waals surface area contributed by atoms with E-state index in [4.69, 9.17) is 19.2 Å². The van der Waals surface area contributed by atoms with Crippen LogP contribution in [-0.2, 0) is 81.2 Å². The van der Waals surface area contributed by atoms with Crippen LogP contribution >= 0.6 is 11.3 Å². The fourth-order valence-electron chi connectivity index (χ4n) is 36.4. The Morgan fingerprint density at radius 3 is 0.660 bits per heavy atom. The zero-order valence-electron chi connectivity index (χ0n) is 84.3. The van der Waals surface area contributed by atoms with Gasteiger partial charge in [-0.15, -0.1) is 21.5 Å². The van der Waals surface area contributed by atoms with Gasteiger partial charge in [0, 0.05) is 54.3 Å². The molecular formula is C141H129N3O2S. The predicted molar refractivity (Wildman–Crippen MR) is 597 cm³/mol. The van der Waals surface area contributed by atoms with Gasteiger partial charge < -0.3 is 9.15 Å². The molecule has 147 heavy (non-hydrogen) atoms. The molecule has 16 saturated carbocycles. The van der Waals surface area contributed by atoms with Gasteiger partial charge in [-0.25, -0.2) is 0 Å². The summed E-state index contributed by atoms with van der Waals surface area (Å²) in [4.78, 5) is 8.04. The van der Waals surface area contributed by atoms with Crippen LogP contribution in [0.25, 0.3) is 21.9 Å². The molecule has 6 heteroatoms. The highest BCUT2D eigenvalue weighted by atomic mass is 32.1. The van der Waals surface area contributed by atoms with Crippen molar-refractivity contribution in [3.63, 3.8) is 0 Å². The Kier molecular flexibility index (Phi) is 22.1. The fourth-order valence-corrected chi connectivity index (χ4v) is 37.6. The van der Waals surface area contributed by atoms with E-state index in [1.54, 1.807) is 21.6 Å². The minimum atomic E-state index is -0.198. The molecule has 16 aliphatic carbocycles. The number of para-hydroxylation sites is 1. The van der Waals surface area contributed by atoms with E-state index in [2.05, 4.69) is 484 Å². The van der Waals surface area contributed by atoms with Crippen molar-refractivity contribution >= 4 is 11.3 Å². The van der Waals surface area contributed by atoms with Crippen molar-refractivity contribution in [3.8, 4) is 27.6 Å². The molecule has 0 unspecified atom stereocenters. The van der Waals surface area contributed by atoms with Gasteiger partial charge in [-0.05, 0) is 324 Å².